The fourth-order valence-corrected chi connectivity index (χ4v) is 3.70. The van der Waals surface area contributed by atoms with Gasteiger partial charge in [-0.25, -0.2) is 4.79 Å². The smallest absolute Gasteiger partial charge is 0.408 e. The molecular formula is C26H37N3O4. The monoisotopic (exact) mass is 455 g/mol. The molecule has 2 atom stereocenters. The topological polar surface area (TPSA) is 87.7 Å². The lowest BCUT2D eigenvalue weighted by Crippen LogP contribution is -2.58. The Morgan fingerprint density at radius 3 is 2.30 bits per heavy atom. The van der Waals surface area contributed by atoms with Crippen LogP contribution in [0.4, 0.5) is 4.79 Å². The fourth-order valence-electron chi connectivity index (χ4n) is 3.70. The highest BCUT2D eigenvalue weighted by atomic mass is 16.6. The van der Waals surface area contributed by atoms with E-state index in [0.29, 0.717) is 19.5 Å². The number of nitrogens with one attached hydrogen (secondary N) is 2. The van der Waals surface area contributed by atoms with Crippen molar-refractivity contribution in [2.24, 2.45) is 5.41 Å². The van der Waals surface area contributed by atoms with Crippen LogP contribution in [-0.2, 0) is 20.9 Å². The predicted molar refractivity (Wildman–Crippen MR) is 128 cm³/mol. The molecule has 1 aromatic rings. The summed E-state index contributed by atoms with van der Waals surface area (Å²) in [7, 11) is 0. The summed E-state index contributed by atoms with van der Waals surface area (Å²) in [4.78, 5) is 40.4. The Balaban J connectivity index is 2.06. The molecule has 0 bridgehead atoms. The number of hydrogen-bond donors (Lipinski definition) is 2. The number of rotatable bonds is 5. The summed E-state index contributed by atoms with van der Waals surface area (Å²) in [5.74, 6) is 5.39. The van der Waals surface area contributed by atoms with Gasteiger partial charge >= 0.3 is 6.09 Å². The molecule has 0 aromatic heterocycles. The highest BCUT2D eigenvalue weighted by Crippen LogP contribution is 2.26. The van der Waals surface area contributed by atoms with Crippen molar-refractivity contribution < 1.29 is 19.1 Å². The van der Waals surface area contributed by atoms with Gasteiger partial charge in [-0.15, -0.1) is 5.92 Å². The molecule has 1 heterocycles. The molecule has 1 aromatic carbocycles. The van der Waals surface area contributed by atoms with Crippen molar-refractivity contribution in [2.75, 3.05) is 6.54 Å². The van der Waals surface area contributed by atoms with E-state index < -0.39 is 29.2 Å². The van der Waals surface area contributed by atoms with Gasteiger partial charge in [0.25, 0.3) is 0 Å². The van der Waals surface area contributed by atoms with E-state index in [4.69, 9.17) is 4.74 Å². The van der Waals surface area contributed by atoms with E-state index in [1.165, 1.54) is 0 Å². The second kappa shape index (κ2) is 10.7. The summed E-state index contributed by atoms with van der Waals surface area (Å²) >= 11 is 0. The van der Waals surface area contributed by atoms with E-state index in [0.717, 1.165) is 17.5 Å². The van der Waals surface area contributed by atoms with Gasteiger partial charge in [0.05, 0.1) is 0 Å². The maximum absolute atomic E-state index is 13.4. The van der Waals surface area contributed by atoms with Crippen molar-refractivity contribution in [1.29, 1.82) is 0 Å². The molecule has 7 heteroatoms. The standard InChI is InChI=1S/C26H37N3O4/c1-8-10-18-12-14-19(15-13-18)17-27-22(30)20-11-9-16-29(20)23(31)21(25(2,3)4)28-24(32)33-26(5,6)7/h12-15,20-21H,9,11,16-17H2,1-7H3,(H,27,30)(H,28,32). The average Bonchev–Trinajstić information content (AvgIpc) is 3.19. The zero-order chi connectivity index (χ0) is 24.8. The van der Waals surface area contributed by atoms with Crippen molar-refractivity contribution in [2.45, 2.75) is 85.5 Å². The Bertz CT molecular complexity index is 914. The molecule has 33 heavy (non-hydrogen) atoms. The van der Waals surface area contributed by atoms with Crippen LogP contribution in [0.25, 0.3) is 0 Å². The van der Waals surface area contributed by atoms with Crippen molar-refractivity contribution in [3.05, 3.63) is 35.4 Å². The third-order valence-electron chi connectivity index (χ3n) is 5.30. The molecule has 0 saturated carbocycles. The van der Waals surface area contributed by atoms with Crippen LogP contribution in [-0.4, -0.2) is 47.0 Å². The number of carbonyl (C=O) groups is 3. The van der Waals surface area contributed by atoms with Gasteiger partial charge in [0.2, 0.25) is 11.8 Å². The highest BCUT2D eigenvalue weighted by molar-refractivity contribution is 5.92. The van der Waals surface area contributed by atoms with E-state index in [1.807, 2.05) is 45.0 Å². The zero-order valence-electron chi connectivity index (χ0n) is 20.9. The third kappa shape index (κ3) is 7.81. The lowest BCUT2D eigenvalue weighted by Gasteiger charge is -2.35. The van der Waals surface area contributed by atoms with Crippen molar-refractivity contribution in [1.82, 2.24) is 15.5 Å². The van der Waals surface area contributed by atoms with Gasteiger partial charge in [-0.05, 0) is 63.6 Å². The summed E-state index contributed by atoms with van der Waals surface area (Å²) < 4.78 is 5.35. The van der Waals surface area contributed by atoms with E-state index in [-0.39, 0.29) is 11.8 Å². The van der Waals surface area contributed by atoms with Gasteiger partial charge in [-0.3, -0.25) is 9.59 Å². The van der Waals surface area contributed by atoms with Gasteiger partial charge in [0.15, 0.2) is 0 Å². The summed E-state index contributed by atoms with van der Waals surface area (Å²) in [6.45, 7) is 13.6. The second-order valence-electron chi connectivity index (χ2n) is 10.4. The first-order chi connectivity index (χ1) is 15.3. The predicted octanol–water partition coefficient (Wildman–Crippen LogP) is 3.60. The minimum atomic E-state index is -0.812. The summed E-state index contributed by atoms with van der Waals surface area (Å²) in [5.41, 5.74) is 0.652. The molecule has 0 spiro atoms. The molecule has 1 aliphatic rings. The Labute approximate surface area is 197 Å². The minimum Gasteiger partial charge on any atom is -0.444 e. The SMILES string of the molecule is CC#Cc1ccc(CNC(=O)C2CCCN2C(=O)C(NC(=O)OC(C)(C)C)C(C)(C)C)cc1. The first-order valence-corrected chi connectivity index (χ1v) is 11.4. The van der Waals surface area contributed by atoms with E-state index in [1.54, 1.807) is 32.6 Å². The number of benzene rings is 1. The number of amides is 3. The van der Waals surface area contributed by atoms with Crippen LogP contribution >= 0.6 is 0 Å². The fraction of sp³-hybridized carbons (Fsp3) is 0.577. The average molecular weight is 456 g/mol. The molecule has 0 radical (unpaired) electrons. The van der Waals surface area contributed by atoms with Crippen LogP contribution in [0.3, 0.4) is 0 Å². The number of carbonyl (C=O) groups excluding carboxylic acids is 3. The number of hydrogen-bond acceptors (Lipinski definition) is 4. The summed E-state index contributed by atoms with van der Waals surface area (Å²) in [6, 6.07) is 6.32. The lowest BCUT2D eigenvalue weighted by molar-refractivity contribution is -0.142. The molecular weight excluding hydrogens is 418 g/mol. The van der Waals surface area contributed by atoms with Gasteiger partial charge in [0.1, 0.15) is 17.7 Å². The van der Waals surface area contributed by atoms with E-state index >= 15 is 0 Å². The molecule has 3 amide bonds. The van der Waals surface area contributed by atoms with Crippen LogP contribution in [0, 0.1) is 17.3 Å². The summed E-state index contributed by atoms with van der Waals surface area (Å²) in [6.07, 6.45) is 0.677. The molecule has 1 aliphatic heterocycles. The van der Waals surface area contributed by atoms with E-state index in [9.17, 15) is 14.4 Å². The number of likely N-dealkylation sites (tertiary alicyclic amines) is 1. The van der Waals surface area contributed by atoms with Crippen LogP contribution in [0.5, 0.6) is 0 Å². The normalized spacial score (nSPS) is 16.9. The summed E-state index contributed by atoms with van der Waals surface area (Å²) in [5, 5.41) is 5.67. The molecule has 180 valence electrons. The first-order valence-electron chi connectivity index (χ1n) is 11.4. The second-order valence-corrected chi connectivity index (χ2v) is 10.4. The van der Waals surface area contributed by atoms with Gasteiger partial charge in [-0.2, -0.15) is 0 Å². The lowest BCUT2D eigenvalue weighted by atomic mass is 9.85. The molecule has 2 N–H and O–H groups in total. The van der Waals surface area contributed by atoms with E-state index in [2.05, 4.69) is 22.5 Å². The maximum atomic E-state index is 13.4. The number of ether oxygens (including phenoxy) is 1. The quantitative estimate of drug-likeness (QED) is 0.664. The Kier molecular flexibility index (Phi) is 8.54. The Morgan fingerprint density at radius 1 is 1.12 bits per heavy atom. The molecule has 1 saturated heterocycles. The molecule has 0 aliphatic carbocycles. The zero-order valence-corrected chi connectivity index (χ0v) is 20.9. The largest absolute Gasteiger partial charge is 0.444 e. The van der Waals surface area contributed by atoms with Crippen molar-refractivity contribution >= 4 is 17.9 Å². The van der Waals surface area contributed by atoms with Gasteiger partial charge < -0.3 is 20.3 Å². The van der Waals surface area contributed by atoms with Crippen molar-refractivity contribution in [3.63, 3.8) is 0 Å². The van der Waals surface area contributed by atoms with Gasteiger partial charge in [-0.1, -0.05) is 38.8 Å². The van der Waals surface area contributed by atoms with Crippen molar-refractivity contribution in [3.8, 4) is 11.8 Å². The van der Waals surface area contributed by atoms with Crippen LogP contribution in [0.2, 0.25) is 0 Å². The first kappa shape index (κ1) is 26.2. The molecule has 7 nitrogen and oxygen atoms in total. The minimum absolute atomic E-state index is 0.191. The molecule has 1 fully saturated rings. The highest BCUT2D eigenvalue weighted by Gasteiger charge is 2.42. The molecule has 2 unspecified atom stereocenters. The Hall–Kier alpha value is -3.01. The van der Waals surface area contributed by atoms with Crippen LogP contribution in [0.1, 0.15) is 72.4 Å². The third-order valence-corrected chi connectivity index (χ3v) is 5.30. The molecule has 2 rings (SSSR count). The number of alkyl carbamates (subject to hydrolysis) is 1. The number of nitrogens with zero attached hydrogens (tertiary/aromatic N) is 1. The Morgan fingerprint density at radius 2 is 1.76 bits per heavy atom. The van der Waals surface area contributed by atoms with Crippen LogP contribution in [0.15, 0.2) is 24.3 Å². The van der Waals surface area contributed by atoms with Crippen LogP contribution < -0.4 is 10.6 Å². The van der Waals surface area contributed by atoms with Gasteiger partial charge in [0, 0.05) is 18.7 Å². The maximum Gasteiger partial charge on any atom is 0.408 e.